The Balaban J connectivity index is 1.68. The molecule has 0 fully saturated rings. The van der Waals surface area contributed by atoms with E-state index in [1.54, 1.807) is 7.11 Å². The zero-order chi connectivity index (χ0) is 18.5. The molecule has 2 N–H and O–H groups in total. The SMILES string of the molecule is COc1ccc(C[NH+](C)[C@@H](C)C(=O)Nc2cccc3ccccc23)cc1. The van der Waals surface area contributed by atoms with Crippen molar-refractivity contribution in [2.75, 3.05) is 19.5 Å². The van der Waals surface area contributed by atoms with Crippen molar-refractivity contribution in [2.45, 2.75) is 19.5 Å². The molecule has 0 radical (unpaired) electrons. The molecule has 4 heteroatoms. The normalized spacial score (nSPS) is 13.2. The van der Waals surface area contributed by atoms with E-state index in [9.17, 15) is 4.79 Å². The number of ether oxygens (including phenoxy) is 1. The zero-order valence-corrected chi connectivity index (χ0v) is 15.5. The fourth-order valence-electron chi connectivity index (χ4n) is 3.02. The van der Waals surface area contributed by atoms with Crippen LogP contribution in [0.15, 0.2) is 66.7 Å². The van der Waals surface area contributed by atoms with Gasteiger partial charge in [-0.1, -0.05) is 36.4 Å². The maximum atomic E-state index is 12.7. The van der Waals surface area contributed by atoms with Crippen LogP contribution >= 0.6 is 0 Å². The highest BCUT2D eigenvalue weighted by Crippen LogP contribution is 2.22. The van der Waals surface area contributed by atoms with Gasteiger partial charge in [-0.2, -0.15) is 0 Å². The first-order valence-electron chi connectivity index (χ1n) is 8.82. The first-order chi connectivity index (χ1) is 12.6. The number of carbonyl (C=O) groups excluding carboxylic acids is 1. The maximum absolute atomic E-state index is 12.7. The van der Waals surface area contributed by atoms with Crippen LogP contribution in [0.3, 0.4) is 0 Å². The van der Waals surface area contributed by atoms with E-state index < -0.39 is 0 Å². The van der Waals surface area contributed by atoms with E-state index in [1.165, 1.54) is 5.56 Å². The number of quaternary nitrogens is 1. The Labute approximate surface area is 154 Å². The molecule has 0 aromatic heterocycles. The summed E-state index contributed by atoms with van der Waals surface area (Å²) in [6.07, 6.45) is 0. The van der Waals surface area contributed by atoms with Crippen LogP contribution in [0.25, 0.3) is 10.8 Å². The number of nitrogens with one attached hydrogen (secondary N) is 2. The fraction of sp³-hybridized carbons (Fsp3) is 0.227. The number of rotatable bonds is 6. The molecule has 0 saturated carbocycles. The van der Waals surface area contributed by atoms with E-state index in [4.69, 9.17) is 4.74 Å². The lowest BCUT2D eigenvalue weighted by atomic mass is 10.1. The van der Waals surface area contributed by atoms with Crippen LogP contribution in [0.5, 0.6) is 5.75 Å². The zero-order valence-electron chi connectivity index (χ0n) is 15.5. The molecular formula is C22H25N2O2+. The topological polar surface area (TPSA) is 42.8 Å². The Morgan fingerprint density at radius 3 is 2.46 bits per heavy atom. The van der Waals surface area contributed by atoms with Gasteiger partial charge in [0.1, 0.15) is 12.3 Å². The molecule has 134 valence electrons. The van der Waals surface area contributed by atoms with Gasteiger partial charge in [0.05, 0.1) is 14.2 Å². The van der Waals surface area contributed by atoms with E-state index in [0.29, 0.717) is 0 Å². The van der Waals surface area contributed by atoms with Gasteiger partial charge in [-0.3, -0.25) is 4.79 Å². The van der Waals surface area contributed by atoms with Gasteiger partial charge in [-0.05, 0) is 42.6 Å². The number of anilines is 1. The molecule has 0 aliphatic rings. The van der Waals surface area contributed by atoms with Crippen molar-refractivity contribution >= 4 is 22.4 Å². The summed E-state index contributed by atoms with van der Waals surface area (Å²) in [6, 6.07) is 21.8. The van der Waals surface area contributed by atoms with E-state index in [0.717, 1.165) is 33.7 Å². The lowest BCUT2D eigenvalue weighted by Gasteiger charge is -2.21. The molecule has 3 aromatic rings. The van der Waals surface area contributed by atoms with Gasteiger partial charge < -0.3 is 15.0 Å². The minimum Gasteiger partial charge on any atom is -0.497 e. The summed E-state index contributed by atoms with van der Waals surface area (Å²) in [5.74, 6) is 0.862. The van der Waals surface area contributed by atoms with Gasteiger partial charge in [0.25, 0.3) is 5.91 Å². The molecule has 1 amide bonds. The van der Waals surface area contributed by atoms with Crippen molar-refractivity contribution < 1.29 is 14.4 Å². The summed E-state index contributed by atoms with van der Waals surface area (Å²) in [7, 11) is 3.70. The van der Waals surface area contributed by atoms with Crippen molar-refractivity contribution in [3.63, 3.8) is 0 Å². The molecule has 0 aliphatic carbocycles. The minimum atomic E-state index is -0.170. The van der Waals surface area contributed by atoms with E-state index in [1.807, 2.05) is 68.6 Å². The smallest absolute Gasteiger partial charge is 0.282 e. The predicted molar refractivity (Wildman–Crippen MR) is 106 cm³/mol. The summed E-state index contributed by atoms with van der Waals surface area (Å²) < 4.78 is 5.19. The summed E-state index contributed by atoms with van der Waals surface area (Å²) in [4.78, 5) is 13.9. The standard InChI is InChI=1S/C22H24N2O2/c1-16(24(2)15-17-11-13-19(26-3)14-12-17)22(25)23-21-10-6-8-18-7-4-5-9-20(18)21/h4-14,16H,15H2,1-3H3,(H,23,25)/p+1/t16-/m0/s1. The van der Waals surface area contributed by atoms with Gasteiger partial charge in [0.2, 0.25) is 0 Å². The van der Waals surface area contributed by atoms with Crippen molar-refractivity contribution in [1.29, 1.82) is 0 Å². The second-order valence-corrected chi connectivity index (χ2v) is 6.61. The Morgan fingerprint density at radius 2 is 1.73 bits per heavy atom. The van der Waals surface area contributed by atoms with Gasteiger partial charge in [-0.15, -0.1) is 0 Å². The average molecular weight is 349 g/mol. The summed E-state index contributed by atoms with van der Waals surface area (Å²) >= 11 is 0. The second kappa shape index (κ2) is 8.02. The molecule has 1 unspecified atom stereocenters. The predicted octanol–water partition coefficient (Wildman–Crippen LogP) is 2.89. The molecule has 0 saturated heterocycles. The molecule has 0 heterocycles. The van der Waals surface area contributed by atoms with E-state index in [2.05, 4.69) is 17.4 Å². The fourth-order valence-corrected chi connectivity index (χ4v) is 3.02. The molecule has 26 heavy (non-hydrogen) atoms. The lowest BCUT2D eigenvalue weighted by Crippen LogP contribution is -3.12. The maximum Gasteiger partial charge on any atom is 0.282 e. The molecule has 3 aromatic carbocycles. The molecular weight excluding hydrogens is 324 g/mol. The first-order valence-corrected chi connectivity index (χ1v) is 8.82. The van der Waals surface area contributed by atoms with Crippen LogP contribution in [0.4, 0.5) is 5.69 Å². The third-order valence-electron chi connectivity index (χ3n) is 4.82. The molecule has 0 aliphatic heterocycles. The number of carbonyl (C=O) groups is 1. The lowest BCUT2D eigenvalue weighted by molar-refractivity contribution is -0.907. The van der Waals surface area contributed by atoms with E-state index >= 15 is 0 Å². The third-order valence-corrected chi connectivity index (χ3v) is 4.82. The number of methoxy groups -OCH3 is 1. The van der Waals surface area contributed by atoms with Crippen molar-refractivity contribution in [3.05, 3.63) is 72.3 Å². The summed E-state index contributed by atoms with van der Waals surface area (Å²) in [6.45, 7) is 2.73. The summed E-state index contributed by atoms with van der Waals surface area (Å²) in [5, 5.41) is 5.27. The van der Waals surface area contributed by atoms with Crippen molar-refractivity contribution in [2.24, 2.45) is 0 Å². The Kier molecular flexibility index (Phi) is 5.54. The summed E-state index contributed by atoms with van der Waals surface area (Å²) in [5.41, 5.74) is 2.03. The number of benzene rings is 3. The largest absolute Gasteiger partial charge is 0.497 e. The minimum absolute atomic E-state index is 0.0207. The average Bonchev–Trinajstić information content (AvgIpc) is 2.68. The van der Waals surface area contributed by atoms with Gasteiger partial charge >= 0.3 is 0 Å². The molecule has 2 atom stereocenters. The Bertz CT molecular complexity index is 885. The quantitative estimate of drug-likeness (QED) is 0.719. The second-order valence-electron chi connectivity index (χ2n) is 6.61. The number of amides is 1. The number of hydrogen-bond acceptors (Lipinski definition) is 2. The Hall–Kier alpha value is -2.85. The highest BCUT2D eigenvalue weighted by molar-refractivity contribution is 6.03. The van der Waals surface area contributed by atoms with Crippen LogP contribution in [-0.2, 0) is 11.3 Å². The van der Waals surface area contributed by atoms with Crippen molar-refractivity contribution in [3.8, 4) is 5.75 Å². The molecule has 3 rings (SSSR count). The van der Waals surface area contributed by atoms with Crippen molar-refractivity contribution in [1.82, 2.24) is 0 Å². The van der Waals surface area contributed by atoms with Crippen LogP contribution < -0.4 is 15.0 Å². The molecule has 0 bridgehead atoms. The highest BCUT2D eigenvalue weighted by Gasteiger charge is 2.22. The number of hydrogen-bond donors (Lipinski definition) is 2. The van der Waals surface area contributed by atoms with E-state index in [-0.39, 0.29) is 11.9 Å². The monoisotopic (exact) mass is 349 g/mol. The Morgan fingerprint density at radius 1 is 1.04 bits per heavy atom. The number of fused-ring (bicyclic) bond motifs is 1. The van der Waals surface area contributed by atoms with Gasteiger partial charge in [0.15, 0.2) is 6.04 Å². The highest BCUT2D eigenvalue weighted by atomic mass is 16.5. The van der Waals surface area contributed by atoms with Crippen LogP contribution in [0.1, 0.15) is 12.5 Å². The number of likely N-dealkylation sites (N-methyl/N-ethyl adjacent to an activating group) is 1. The molecule has 0 spiro atoms. The first kappa shape index (κ1) is 18.0. The van der Waals surface area contributed by atoms with Gasteiger partial charge in [-0.25, -0.2) is 0 Å². The van der Waals surface area contributed by atoms with Crippen LogP contribution in [-0.4, -0.2) is 26.1 Å². The third kappa shape index (κ3) is 4.03. The molecule has 4 nitrogen and oxygen atoms in total. The van der Waals surface area contributed by atoms with Crippen LogP contribution in [0.2, 0.25) is 0 Å². The van der Waals surface area contributed by atoms with Gasteiger partial charge in [0, 0.05) is 16.6 Å². The van der Waals surface area contributed by atoms with Crippen LogP contribution in [0, 0.1) is 0 Å².